The molecule has 1 aliphatic heterocycles. The van der Waals surface area contributed by atoms with Gasteiger partial charge >= 0.3 is 5.97 Å². The topological polar surface area (TPSA) is 57.6 Å². The number of nitrogens with zero attached hydrogens (tertiary/aromatic N) is 1. The molecule has 0 radical (unpaired) electrons. The molecule has 20 heavy (non-hydrogen) atoms. The number of carboxylic acid groups (broad SMARTS) is 1. The van der Waals surface area contributed by atoms with E-state index in [2.05, 4.69) is 15.9 Å². The Morgan fingerprint density at radius 3 is 2.80 bits per heavy atom. The number of hydrogen-bond acceptors (Lipinski definition) is 2. The molecule has 0 aliphatic carbocycles. The van der Waals surface area contributed by atoms with E-state index in [4.69, 9.17) is 0 Å². The Bertz CT molecular complexity index is 549. The van der Waals surface area contributed by atoms with Crippen molar-refractivity contribution >= 4 is 27.8 Å². The molecule has 2 rings (SSSR count). The van der Waals surface area contributed by atoms with Crippen LogP contribution in [0.2, 0.25) is 0 Å². The third kappa shape index (κ3) is 3.00. The number of hydrogen-bond donors (Lipinski definition) is 1. The fraction of sp³-hybridized carbons (Fsp3) is 0.429. The van der Waals surface area contributed by atoms with Crippen LogP contribution in [0, 0.1) is 11.7 Å². The Labute approximate surface area is 124 Å². The van der Waals surface area contributed by atoms with Crippen LogP contribution in [-0.4, -0.2) is 34.5 Å². The first-order chi connectivity index (χ1) is 9.40. The number of halogens is 2. The molecule has 1 amide bonds. The summed E-state index contributed by atoms with van der Waals surface area (Å²) in [6.07, 6.45) is 1.18. The van der Waals surface area contributed by atoms with Crippen molar-refractivity contribution in [2.24, 2.45) is 5.92 Å². The fourth-order valence-electron chi connectivity index (χ4n) is 2.43. The molecule has 1 fully saturated rings. The fourth-order valence-corrected chi connectivity index (χ4v) is 2.85. The van der Waals surface area contributed by atoms with Gasteiger partial charge in [0.05, 0.1) is 5.56 Å². The summed E-state index contributed by atoms with van der Waals surface area (Å²) in [5, 5.41) is 9.27. The molecule has 6 heteroatoms. The molecule has 1 aromatic carbocycles. The Morgan fingerprint density at radius 1 is 1.45 bits per heavy atom. The van der Waals surface area contributed by atoms with E-state index in [-0.39, 0.29) is 11.5 Å². The van der Waals surface area contributed by atoms with Crippen LogP contribution in [0.15, 0.2) is 22.7 Å². The minimum atomic E-state index is -1.02. The lowest BCUT2D eigenvalue weighted by Gasteiger charge is -2.36. The van der Waals surface area contributed by atoms with Crippen molar-refractivity contribution in [2.75, 3.05) is 6.54 Å². The Kier molecular flexibility index (Phi) is 4.42. The number of carbonyl (C=O) groups is 2. The zero-order valence-electron chi connectivity index (χ0n) is 11.0. The molecule has 0 spiro atoms. The average Bonchev–Trinajstić information content (AvgIpc) is 2.40. The highest BCUT2D eigenvalue weighted by Gasteiger charge is 2.35. The van der Waals surface area contributed by atoms with Gasteiger partial charge in [-0.25, -0.2) is 9.18 Å². The van der Waals surface area contributed by atoms with Crippen molar-refractivity contribution in [3.05, 3.63) is 34.1 Å². The lowest BCUT2D eigenvalue weighted by molar-refractivity contribution is -0.144. The molecule has 0 bridgehead atoms. The third-order valence-corrected chi connectivity index (χ3v) is 4.26. The van der Waals surface area contributed by atoms with E-state index in [1.165, 1.54) is 17.0 Å². The van der Waals surface area contributed by atoms with Gasteiger partial charge in [0.15, 0.2) is 0 Å². The van der Waals surface area contributed by atoms with Crippen molar-refractivity contribution in [1.82, 2.24) is 4.90 Å². The Balaban J connectivity index is 2.31. The summed E-state index contributed by atoms with van der Waals surface area (Å²) in [5.74, 6) is -1.72. The Hall–Kier alpha value is -1.43. The number of carboxylic acids is 1. The molecule has 2 atom stereocenters. The van der Waals surface area contributed by atoms with Crippen LogP contribution in [0.4, 0.5) is 4.39 Å². The molecule has 0 aromatic heterocycles. The number of amides is 1. The van der Waals surface area contributed by atoms with E-state index >= 15 is 0 Å². The minimum absolute atomic E-state index is 0.158. The van der Waals surface area contributed by atoms with Gasteiger partial charge < -0.3 is 10.0 Å². The average molecular weight is 344 g/mol. The highest BCUT2D eigenvalue weighted by Crippen LogP contribution is 2.27. The number of rotatable bonds is 2. The highest BCUT2D eigenvalue weighted by atomic mass is 79.9. The van der Waals surface area contributed by atoms with Gasteiger partial charge in [-0.3, -0.25) is 4.79 Å². The second-order valence-corrected chi connectivity index (χ2v) is 5.96. The maximum atomic E-state index is 13.3. The maximum absolute atomic E-state index is 13.3. The van der Waals surface area contributed by atoms with Gasteiger partial charge in [0.25, 0.3) is 5.91 Å². The molecular formula is C14H15BrFNO3. The van der Waals surface area contributed by atoms with Crippen LogP contribution in [0.25, 0.3) is 0 Å². The molecule has 108 valence electrons. The van der Waals surface area contributed by atoms with Crippen LogP contribution in [-0.2, 0) is 4.79 Å². The predicted octanol–water partition coefficient (Wildman–Crippen LogP) is 2.91. The zero-order valence-corrected chi connectivity index (χ0v) is 12.6. The summed E-state index contributed by atoms with van der Waals surface area (Å²) >= 11 is 3.20. The van der Waals surface area contributed by atoms with Gasteiger partial charge in [0.2, 0.25) is 0 Å². The third-order valence-electron chi connectivity index (χ3n) is 3.57. The van der Waals surface area contributed by atoms with E-state index in [9.17, 15) is 19.1 Å². The van der Waals surface area contributed by atoms with E-state index in [1.54, 1.807) is 0 Å². The van der Waals surface area contributed by atoms with Gasteiger partial charge in [-0.1, -0.05) is 6.92 Å². The monoisotopic (exact) mass is 343 g/mol. The number of benzene rings is 1. The van der Waals surface area contributed by atoms with E-state index < -0.39 is 23.7 Å². The molecule has 1 aliphatic rings. The normalized spacial score (nSPS) is 22.6. The summed E-state index contributed by atoms with van der Waals surface area (Å²) in [6.45, 7) is 2.34. The molecule has 1 heterocycles. The van der Waals surface area contributed by atoms with Crippen molar-refractivity contribution in [2.45, 2.75) is 25.8 Å². The molecule has 2 unspecified atom stereocenters. The summed E-state index contributed by atoms with van der Waals surface area (Å²) in [5.41, 5.74) is 0.158. The zero-order chi connectivity index (χ0) is 14.9. The van der Waals surface area contributed by atoms with Gasteiger partial charge in [0.1, 0.15) is 11.9 Å². The Morgan fingerprint density at radius 2 is 2.15 bits per heavy atom. The van der Waals surface area contributed by atoms with Gasteiger partial charge in [-0.05, 0) is 52.9 Å². The predicted molar refractivity (Wildman–Crippen MR) is 75.0 cm³/mol. The summed E-state index contributed by atoms with van der Waals surface area (Å²) in [7, 11) is 0. The largest absolute Gasteiger partial charge is 0.480 e. The standard InChI is InChI=1S/C14H15BrFNO3/c1-8-4-5-17(12(6-8)14(19)20)13(18)10-7-9(16)2-3-11(10)15/h2-3,7-8,12H,4-6H2,1H3,(H,19,20). The molecular weight excluding hydrogens is 329 g/mol. The van der Waals surface area contributed by atoms with Crippen LogP contribution in [0.3, 0.4) is 0 Å². The number of piperidine rings is 1. The second kappa shape index (κ2) is 5.91. The first-order valence-corrected chi connectivity index (χ1v) is 7.18. The first kappa shape index (κ1) is 15.0. The van der Waals surface area contributed by atoms with Crippen molar-refractivity contribution < 1.29 is 19.1 Å². The lowest BCUT2D eigenvalue weighted by atomic mass is 9.92. The highest BCUT2D eigenvalue weighted by molar-refractivity contribution is 9.10. The molecule has 1 saturated heterocycles. The van der Waals surface area contributed by atoms with Crippen LogP contribution in [0.5, 0.6) is 0 Å². The van der Waals surface area contributed by atoms with E-state index in [1.807, 2.05) is 6.92 Å². The number of aliphatic carboxylic acids is 1. The smallest absolute Gasteiger partial charge is 0.326 e. The summed E-state index contributed by atoms with van der Waals surface area (Å²) in [6, 6.07) is 2.98. The summed E-state index contributed by atoms with van der Waals surface area (Å²) in [4.78, 5) is 25.1. The molecule has 1 aromatic rings. The van der Waals surface area contributed by atoms with Crippen molar-refractivity contribution in [3.8, 4) is 0 Å². The lowest BCUT2D eigenvalue weighted by Crippen LogP contribution is -2.49. The van der Waals surface area contributed by atoms with Crippen molar-refractivity contribution in [3.63, 3.8) is 0 Å². The van der Waals surface area contributed by atoms with E-state index in [0.29, 0.717) is 17.4 Å². The molecule has 0 saturated carbocycles. The van der Waals surface area contributed by atoms with Crippen LogP contribution in [0.1, 0.15) is 30.1 Å². The molecule has 4 nitrogen and oxygen atoms in total. The van der Waals surface area contributed by atoms with Gasteiger partial charge in [0, 0.05) is 11.0 Å². The van der Waals surface area contributed by atoms with Gasteiger partial charge in [-0.2, -0.15) is 0 Å². The maximum Gasteiger partial charge on any atom is 0.326 e. The first-order valence-electron chi connectivity index (χ1n) is 6.39. The van der Waals surface area contributed by atoms with E-state index in [0.717, 1.165) is 12.5 Å². The van der Waals surface area contributed by atoms with Crippen LogP contribution < -0.4 is 0 Å². The van der Waals surface area contributed by atoms with Gasteiger partial charge in [-0.15, -0.1) is 0 Å². The molecule has 1 N–H and O–H groups in total. The second-order valence-electron chi connectivity index (χ2n) is 5.11. The number of likely N-dealkylation sites (tertiary alicyclic amines) is 1. The van der Waals surface area contributed by atoms with Crippen LogP contribution >= 0.6 is 15.9 Å². The summed E-state index contributed by atoms with van der Waals surface area (Å²) < 4.78 is 13.7. The SMILES string of the molecule is CC1CCN(C(=O)c2cc(F)ccc2Br)C(C(=O)O)C1. The quantitative estimate of drug-likeness (QED) is 0.898. The number of carbonyl (C=O) groups excluding carboxylic acids is 1. The van der Waals surface area contributed by atoms with Crippen molar-refractivity contribution in [1.29, 1.82) is 0 Å². The minimum Gasteiger partial charge on any atom is -0.480 e.